The molecule has 0 radical (unpaired) electrons. The first-order chi connectivity index (χ1) is 7.13. The Bertz CT molecular complexity index is 324. The van der Waals surface area contributed by atoms with Crippen LogP contribution in [0.1, 0.15) is 31.0 Å². The molecule has 1 aromatic heterocycles. The normalized spacial score (nSPS) is 12.5. The smallest absolute Gasteiger partial charge is 0.220 e. The molecule has 0 spiro atoms. The highest BCUT2D eigenvalue weighted by atomic mass is 16.4. The van der Waals surface area contributed by atoms with Crippen molar-refractivity contribution in [1.29, 1.82) is 0 Å². The summed E-state index contributed by atoms with van der Waals surface area (Å²) in [4.78, 5) is 11.3. The predicted octanol–water partition coefficient (Wildman–Crippen LogP) is -0.0199. The lowest BCUT2D eigenvalue weighted by Crippen LogP contribution is -2.27. The van der Waals surface area contributed by atoms with Crippen LogP contribution in [0.25, 0.3) is 0 Å². The number of carbonyl (C=O) groups is 1. The van der Waals surface area contributed by atoms with Crippen molar-refractivity contribution >= 4 is 5.91 Å². The minimum absolute atomic E-state index is 0.0558. The van der Waals surface area contributed by atoms with Crippen molar-refractivity contribution < 1.29 is 14.3 Å². The molecule has 1 amide bonds. The average molecular weight is 213 g/mol. The molecular weight excluding hydrogens is 198 g/mol. The molecule has 6 heteroatoms. The number of nitrogens with one attached hydrogen (secondary N) is 1. The van der Waals surface area contributed by atoms with Gasteiger partial charge in [0.1, 0.15) is 0 Å². The molecule has 0 aromatic carbocycles. The molecular formula is C9H15N3O3. The number of amides is 1. The molecule has 1 atom stereocenters. The number of hydrogen-bond donors (Lipinski definition) is 2. The van der Waals surface area contributed by atoms with E-state index in [4.69, 9.17) is 9.52 Å². The third kappa shape index (κ3) is 3.67. The number of nitrogens with zero attached hydrogens (tertiary/aromatic N) is 2. The largest absolute Gasteiger partial charge is 0.425 e. The molecule has 1 unspecified atom stereocenters. The molecule has 1 heterocycles. The summed E-state index contributed by atoms with van der Waals surface area (Å²) in [5, 5.41) is 18.6. The van der Waals surface area contributed by atoms with Crippen LogP contribution in [0, 0.1) is 6.92 Å². The van der Waals surface area contributed by atoms with E-state index in [2.05, 4.69) is 15.5 Å². The Kier molecular flexibility index (Phi) is 4.23. The van der Waals surface area contributed by atoms with E-state index in [1.54, 1.807) is 6.92 Å². The second-order valence-corrected chi connectivity index (χ2v) is 3.34. The maximum Gasteiger partial charge on any atom is 0.220 e. The van der Waals surface area contributed by atoms with E-state index < -0.39 is 0 Å². The van der Waals surface area contributed by atoms with Gasteiger partial charge in [0.25, 0.3) is 0 Å². The Morgan fingerprint density at radius 1 is 1.60 bits per heavy atom. The standard InChI is InChI=1S/C9H15N3O3/c1-6(5-8(14)10-3-4-13)9-12-11-7(2)15-9/h6,13H,3-5H2,1-2H3,(H,10,14). The van der Waals surface area contributed by atoms with Crippen LogP contribution in [-0.4, -0.2) is 34.4 Å². The summed E-state index contributed by atoms with van der Waals surface area (Å²) in [5.41, 5.74) is 0. The molecule has 15 heavy (non-hydrogen) atoms. The van der Waals surface area contributed by atoms with Crippen LogP contribution in [0.5, 0.6) is 0 Å². The molecule has 84 valence electrons. The molecule has 0 aliphatic carbocycles. The highest BCUT2D eigenvalue weighted by Gasteiger charge is 2.16. The molecule has 1 aromatic rings. The summed E-state index contributed by atoms with van der Waals surface area (Å²) in [6.45, 7) is 3.76. The SMILES string of the molecule is Cc1nnc(C(C)CC(=O)NCCO)o1. The van der Waals surface area contributed by atoms with Crippen LogP contribution in [0.2, 0.25) is 0 Å². The Morgan fingerprint density at radius 3 is 2.87 bits per heavy atom. The number of aliphatic hydroxyl groups excluding tert-OH is 1. The molecule has 0 aliphatic heterocycles. The van der Waals surface area contributed by atoms with Crippen LogP contribution < -0.4 is 5.32 Å². The maximum atomic E-state index is 11.3. The van der Waals surface area contributed by atoms with E-state index in [0.717, 1.165) is 0 Å². The minimum Gasteiger partial charge on any atom is -0.425 e. The Balaban J connectivity index is 2.41. The van der Waals surface area contributed by atoms with E-state index in [-0.39, 0.29) is 31.4 Å². The number of aryl methyl sites for hydroxylation is 1. The molecule has 2 N–H and O–H groups in total. The van der Waals surface area contributed by atoms with Crippen molar-refractivity contribution in [3.05, 3.63) is 11.8 Å². The fourth-order valence-electron chi connectivity index (χ4n) is 1.14. The van der Waals surface area contributed by atoms with Gasteiger partial charge >= 0.3 is 0 Å². The summed E-state index contributed by atoms with van der Waals surface area (Å²) >= 11 is 0. The first-order valence-electron chi connectivity index (χ1n) is 4.81. The van der Waals surface area contributed by atoms with Gasteiger partial charge in [0.05, 0.1) is 6.61 Å². The predicted molar refractivity (Wildman–Crippen MR) is 52.2 cm³/mol. The zero-order chi connectivity index (χ0) is 11.3. The third-order valence-electron chi connectivity index (χ3n) is 1.89. The summed E-state index contributed by atoms with van der Waals surface area (Å²) in [6.07, 6.45) is 0.279. The molecule has 0 aliphatic rings. The van der Waals surface area contributed by atoms with Crippen LogP contribution in [0.15, 0.2) is 4.42 Å². The summed E-state index contributed by atoms with van der Waals surface area (Å²) < 4.78 is 5.20. The topological polar surface area (TPSA) is 88.2 Å². The number of carbonyl (C=O) groups excluding carboxylic acids is 1. The van der Waals surface area contributed by atoms with Crippen molar-refractivity contribution in [3.63, 3.8) is 0 Å². The van der Waals surface area contributed by atoms with Gasteiger partial charge in [-0.3, -0.25) is 4.79 Å². The van der Waals surface area contributed by atoms with Crippen molar-refractivity contribution in [3.8, 4) is 0 Å². The van der Waals surface area contributed by atoms with Gasteiger partial charge in [0.2, 0.25) is 17.7 Å². The zero-order valence-corrected chi connectivity index (χ0v) is 8.86. The average Bonchev–Trinajstić information content (AvgIpc) is 2.61. The van der Waals surface area contributed by atoms with Crippen molar-refractivity contribution in [2.45, 2.75) is 26.2 Å². The Labute approximate surface area is 87.7 Å². The number of aromatic nitrogens is 2. The fraction of sp³-hybridized carbons (Fsp3) is 0.667. The second kappa shape index (κ2) is 5.45. The van der Waals surface area contributed by atoms with Gasteiger partial charge in [-0.05, 0) is 0 Å². The maximum absolute atomic E-state index is 11.3. The van der Waals surface area contributed by atoms with Crippen LogP contribution in [-0.2, 0) is 4.79 Å². The zero-order valence-electron chi connectivity index (χ0n) is 8.86. The number of rotatable bonds is 5. The lowest BCUT2D eigenvalue weighted by atomic mass is 10.1. The molecule has 0 bridgehead atoms. The Morgan fingerprint density at radius 2 is 2.33 bits per heavy atom. The lowest BCUT2D eigenvalue weighted by Gasteiger charge is -2.06. The van der Waals surface area contributed by atoms with Crippen molar-refractivity contribution in [1.82, 2.24) is 15.5 Å². The van der Waals surface area contributed by atoms with Crippen molar-refractivity contribution in [2.24, 2.45) is 0 Å². The molecule has 1 rings (SSSR count). The van der Waals surface area contributed by atoms with Gasteiger partial charge in [-0.25, -0.2) is 0 Å². The van der Waals surface area contributed by atoms with E-state index in [1.807, 2.05) is 6.92 Å². The van der Waals surface area contributed by atoms with Crippen LogP contribution in [0.4, 0.5) is 0 Å². The van der Waals surface area contributed by atoms with E-state index in [1.165, 1.54) is 0 Å². The second-order valence-electron chi connectivity index (χ2n) is 3.34. The van der Waals surface area contributed by atoms with Gasteiger partial charge in [-0.1, -0.05) is 6.92 Å². The first-order valence-corrected chi connectivity index (χ1v) is 4.81. The van der Waals surface area contributed by atoms with Gasteiger partial charge in [-0.15, -0.1) is 10.2 Å². The van der Waals surface area contributed by atoms with E-state index in [9.17, 15) is 4.79 Å². The molecule has 0 saturated heterocycles. The summed E-state index contributed by atoms with van der Waals surface area (Å²) in [5.74, 6) is 0.719. The first kappa shape index (κ1) is 11.6. The minimum atomic E-state index is -0.132. The van der Waals surface area contributed by atoms with Gasteiger partial charge in [-0.2, -0.15) is 0 Å². The molecule has 0 fully saturated rings. The highest BCUT2D eigenvalue weighted by molar-refractivity contribution is 5.76. The van der Waals surface area contributed by atoms with Crippen LogP contribution >= 0.6 is 0 Å². The quantitative estimate of drug-likeness (QED) is 0.717. The summed E-state index contributed by atoms with van der Waals surface area (Å²) in [6, 6.07) is 0. The lowest BCUT2D eigenvalue weighted by molar-refractivity contribution is -0.121. The fourth-order valence-corrected chi connectivity index (χ4v) is 1.14. The monoisotopic (exact) mass is 213 g/mol. The van der Waals surface area contributed by atoms with E-state index >= 15 is 0 Å². The highest BCUT2D eigenvalue weighted by Crippen LogP contribution is 2.16. The number of aliphatic hydroxyl groups is 1. The van der Waals surface area contributed by atoms with Gasteiger partial charge in [0, 0.05) is 25.8 Å². The Hall–Kier alpha value is -1.43. The van der Waals surface area contributed by atoms with Crippen molar-refractivity contribution in [2.75, 3.05) is 13.2 Å². The summed E-state index contributed by atoms with van der Waals surface area (Å²) in [7, 11) is 0. The van der Waals surface area contributed by atoms with Gasteiger partial charge < -0.3 is 14.8 Å². The van der Waals surface area contributed by atoms with Crippen LogP contribution in [0.3, 0.4) is 0 Å². The van der Waals surface area contributed by atoms with Gasteiger partial charge in [0.15, 0.2) is 0 Å². The number of hydrogen-bond acceptors (Lipinski definition) is 5. The molecule has 0 saturated carbocycles. The third-order valence-corrected chi connectivity index (χ3v) is 1.89. The molecule has 6 nitrogen and oxygen atoms in total. The van der Waals surface area contributed by atoms with E-state index in [0.29, 0.717) is 11.8 Å².